The smallest absolute Gasteiger partial charge is 0.336 e. The maximum Gasteiger partial charge on any atom is 0.336 e. The van der Waals surface area contributed by atoms with Crippen LogP contribution in [0.4, 0.5) is 0 Å². The van der Waals surface area contributed by atoms with Gasteiger partial charge in [-0.15, -0.1) is 0 Å². The van der Waals surface area contributed by atoms with Gasteiger partial charge in [-0.3, -0.25) is 9.59 Å². The topological polar surface area (TPSA) is 100 Å². The molecule has 4 aliphatic carbocycles. The van der Waals surface area contributed by atoms with E-state index in [9.17, 15) is 19.5 Å². The van der Waals surface area contributed by atoms with Crippen LogP contribution >= 0.6 is 0 Å². The molecule has 1 N–H and O–H groups in total. The van der Waals surface area contributed by atoms with Gasteiger partial charge in [0.25, 0.3) is 11.8 Å². The van der Waals surface area contributed by atoms with Gasteiger partial charge in [-0.2, -0.15) is 10.1 Å². The number of imide groups is 1. The van der Waals surface area contributed by atoms with Crippen LogP contribution in [0.15, 0.2) is 58.1 Å². The molecule has 1 aromatic heterocycles. The second kappa shape index (κ2) is 6.01. The Morgan fingerprint density at radius 3 is 2.37 bits per heavy atom. The van der Waals surface area contributed by atoms with Crippen LogP contribution in [0.3, 0.4) is 0 Å². The van der Waals surface area contributed by atoms with Crippen molar-refractivity contribution in [2.24, 2.45) is 40.6 Å². The second-order valence-corrected chi connectivity index (χ2v) is 8.44. The summed E-state index contributed by atoms with van der Waals surface area (Å²) in [6.45, 7) is 0. The van der Waals surface area contributed by atoms with Crippen LogP contribution < -0.4 is 0 Å². The van der Waals surface area contributed by atoms with Crippen molar-refractivity contribution in [3.63, 3.8) is 0 Å². The zero-order valence-corrected chi connectivity index (χ0v) is 15.8. The third-order valence-corrected chi connectivity index (χ3v) is 6.99. The number of allylic oxidation sites excluding steroid dienone is 2. The fraction of sp³-hybridized carbons (Fsp3) is 0.304. The third kappa shape index (κ3) is 2.32. The van der Waals surface area contributed by atoms with Gasteiger partial charge in [-0.25, -0.2) is 4.79 Å². The minimum atomic E-state index is -1.05. The number of hydrazone groups is 1. The van der Waals surface area contributed by atoms with Crippen molar-refractivity contribution in [2.45, 2.75) is 6.42 Å². The van der Waals surface area contributed by atoms with E-state index in [4.69, 9.17) is 4.42 Å². The Labute approximate surface area is 171 Å². The average Bonchev–Trinajstić information content (AvgIpc) is 3.39. The molecule has 2 heterocycles. The van der Waals surface area contributed by atoms with Gasteiger partial charge in [0.2, 0.25) is 0 Å². The fourth-order valence-electron chi connectivity index (χ4n) is 5.62. The van der Waals surface area contributed by atoms with E-state index in [-0.39, 0.29) is 41.0 Å². The van der Waals surface area contributed by atoms with E-state index in [1.165, 1.54) is 12.3 Å². The first-order valence-electron chi connectivity index (χ1n) is 10.1. The lowest BCUT2D eigenvalue weighted by Gasteiger charge is -2.37. The van der Waals surface area contributed by atoms with Crippen molar-refractivity contribution in [1.82, 2.24) is 5.01 Å². The highest BCUT2D eigenvalue weighted by Gasteiger charge is 2.67. The first kappa shape index (κ1) is 17.4. The van der Waals surface area contributed by atoms with Crippen molar-refractivity contribution in [2.75, 3.05) is 0 Å². The van der Waals surface area contributed by atoms with E-state index in [2.05, 4.69) is 17.3 Å². The van der Waals surface area contributed by atoms with Crippen LogP contribution in [0.1, 0.15) is 22.5 Å². The monoisotopic (exact) mass is 402 g/mol. The van der Waals surface area contributed by atoms with Gasteiger partial charge < -0.3 is 9.52 Å². The molecule has 150 valence electrons. The molecule has 1 aromatic carbocycles. The van der Waals surface area contributed by atoms with Crippen LogP contribution in [0.25, 0.3) is 11.3 Å². The van der Waals surface area contributed by atoms with E-state index in [1.807, 2.05) is 0 Å². The Morgan fingerprint density at radius 1 is 1.03 bits per heavy atom. The predicted octanol–water partition coefficient (Wildman–Crippen LogP) is 3.03. The highest BCUT2D eigenvalue weighted by molar-refractivity contribution is 6.06. The van der Waals surface area contributed by atoms with Crippen molar-refractivity contribution in [3.8, 4) is 11.3 Å². The van der Waals surface area contributed by atoms with Crippen LogP contribution in [-0.4, -0.2) is 34.1 Å². The number of amides is 2. The van der Waals surface area contributed by atoms with E-state index in [1.54, 1.807) is 30.3 Å². The number of nitrogens with zero attached hydrogens (tertiary/aromatic N) is 2. The summed E-state index contributed by atoms with van der Waals surface area (Å²) >= 11 is 0. The van der Waals surface area contributed by atoms with E-state index >= 15 is 0 Å². The fourth-order valence-corrected chi connectivity index (χ4v) is 5.62. The third-order valence-electron chi connectivity index (χ3n) is 6.99. The van der Waals surface area contributed by atoms with Gasteiger partial charge in [0.05, 0.1) is 23.6 Å². The first-order chi connectivity index (χ1) is 14.5. The number of carbonyl (C=O) groups excluding carboxylic acids is 2. The number of carboxylic acid groups (broad SMARTS) is 1. The minimum Gasteiger partial charge on any atom is -0.478 e. The molecule has 2 amide bonds. The molecule has 2 aromatic rings. The number of carboxylic acids is 1. The molecule has 6 atom stereocenters. The van der Waals surface area contributed by atoms with E-state index in [0.29, 0.717) is 28.9 Å². The summed E-state index contributed by atoms with van der Waals surface area (Å²) in [5.74, 6) is 0.0407. The Balaban J connectivity index is 1.26. The number of furan rings is 1. The molecule has 1 saturated heterocycles. The Kier molecular flexibility index (Phi) is 3.48. The lowest BCUT2D eigenvalue weighted by atomic mass is 9.63. The standard InChI is InChI=1S/C23H18N2O5/c26-21-19-13-6-7-14(17-9-16(13)17)20(19)22(27)25(21)24-10-11-5-8-18(30-11)12-3-1-2-4-15(12)23(28)29/h1-8,10,13-14,16-17,19-20H,9H2,(H,28,29)/b24-10+. The summed E-state index contributed by atoms with van der Waals surface area (Å²) in [4.78, 5) is 37.3. The maximum atomic E-state index is 12.9. The predicted molar refractivity (Wildman–Crippen MR) is 105 cm³/mol. The number of aromatic carboxylic acids is 1. The van der Waals surface area contributed by atoms with Crippen LogP contribution in [-0.2, 0) is 9.59 Å². The van der Waals surface area contributed by atoms with Gasteiger partial charge in [0.1, 0.15) is 11.5 Å². The maximum absolute atomic E-state index is 12.9. The highest BCUT2D eigenvalue weighted by atomic mass is 16.4. The van der Waals surface area contributed by atoms with Crippen LogP contribution in [0.2, 0.25) is 0 Å². The molecule has 0 spiro atoms. The first-order valence-corrected chi connectivity index (χ1v) is 10.1. The van der Waals surface area contributed by atoms with Gasteiger partial charge in [-0.05, 0) is 48.3 Å². The van der Waals surface area contributed by atoms with Crippen molar-refractivity contribution < 1.29 is 23.9 Å². The van der Waals surface area contributed by atoms with Crippen molar-refractivity contribution in [1.29, 1.82) is 0 Å². The van der Waals surface area contributed by atoms with Gasteiger partial charge >= 0.3 is 5.97 Å². The number of carbonyl (C=O) groups is 3. The lowest BCUT2D eigenvalue weighted by Crippen LogP contribution is -2.40. The summed E-state index contributed by atoms with van der Waals surface area (Å²) in [6, 6.07) is 9.83. The summed E-state index contributed by atoms with van der Waals surface area (Å²) in [5.41, 5.74) is 0.580. The largest absolute Gasteiger partial charge is 0.478 e. The number of benzene rings is 1. The molecule has 7 nitrogen and oxygen atoms in total. The minimum absolute atomic E-state index is 0.130. The van der Waals surface area contributed by atoms with Gasteiger partial charge in [0, 0.05) is 5.56 Å². The molecule has 5 aliphatic rings. The molecule has 2 saturated carbocycles. The Hall–Kier alpha value is -3.48. The number of hydrogen-bond acceptors (Lipinski definition) is 5. The molecule has 1 aliphatic heterocycles. The molecule has 2 bridgehead atoms. The lowest BCUT2D eigenvalue weighted by molar-refractivity contribution is -0.140. The second-order valence-electron chi connectivity index (χ2n) is 8.44. The normalized spacial score (nSPS) is 33.3. The molecule has 6 unspecified atom stereocenters. The molecule has 30 heavy (non-hydrogen) atoms. The van der Waals surface area contributed by atoms with Crippen molar-refractivity contribution in [3.05, 3.63) is 59.9 Å². The average molecular weight is 402 g/mol. The molecular weight excluding hydrogens is 384 g/mol. The molecule has 0 radical (unpaired) electrons. The van der Waals surface area contributed by atoms with Crippen LogP contribution in [0.5, 0.6) is 0 Å². The summed E-state index contributed by atoms with van der Waals surface area (Å²) in [6.07, 6.45) is 6.70. The zero-order chi connectivity index (χ0) is 20.6. The van der Waals surface area contributed by atoms with Crippen molar-refractivity contribution >= 4 is 24.0 Å². The molecule has 3 fully saturated rings. The van der Waals surface area contributed by atoms with E-state index < -0.39 is 5.97 Å². The van der Waals surface area contributed by atoms with Crippen LogP contribution in [0, 0.1) is 35.5 Å². The summed E-state index contributed by atoms with van der Waals surface area (Å²) < 4.78 is 5.71. The summed E-state index contributed by atoms with van der Waals surface area (Å²) in [5, 5.41) is 14.5. The molecule has 7 heteroatoms. The number of hydrogen-bond donors (Lipinski definition) is 1. The SMILES string of the molecule is O=C(O)c1ccccc1-c1ccc(/C=N/N2C(=O)C3C4C=CC(C5CC45)C3C2=O)o1. The van der Waals surface area contributed by atoms with Gasteiger partial charge in [-0.1, -0.05) is 30.4 Å². The van der Waals surface area contributed by atoms with Gasteiger partial charge in [0.15, 0.2) is 0 Å². The quantitative estimate of drug-likeness (QED) is 0.481. The summed E-state index contributed by atoms with van der Waals surface area (Å²) in [7, 11) is 0. The highest BCUT2D eigenvalue weighted by Crippen LogP contribution is 2.65. The number of rotatable bonds is 4. The Morgan fingerprint density at radius 2 is 1.70 bits per heavy atom. The zero-order valence-electron chi connectivity index (χ0n) is 15.8. The Bertz CT molecular complexity index is 1130. The van der Waals surface area contributed by atoms with E-state index in [0.717, 1.165) is 11.4 Å². The molecular formula is C23H18N2O5. The molecule has 7 rings (SSSR count).